The van der Waals surface area contributed by atoms with Gasteiger partial charge in [-0.25, -0.2) is 4.79 Å². The normalized spacial score (nSPS) is 19.1. The summed E-state index contributed by atoms with van der Waals surface area (Å²) in [5.74, 6) is -0.0237. The molecule has 2 aliphatic heterocycles. The van der Waals surface area contributed by atoms with Crippen LogP contribution in [0.5, 0.6) is 17.2 Å². The number of imide groups is 1. The molecule has 0 bridgehead atoms. The number of amides is 4. The maximum atomic E-state index is 13.1. The van der Waals surface area contributed by atoms with Gasteiger partial charge in [-0.15, -0.1) is 0 Å². The summed E-state index contributed by atoms with van der Waals surface area (Å²) in [6, 6.07) is 10.1. The molecule has 1 unspecified atom stereocenters. The summed E-state index contributed by atoms with van der Waals surface area (Å²) in [6.07, 6.45) is 0. The molecule has 1 atom stereocenters. The van der Waals surface area contributed by atoms with Gasteiger partial charge >= 0.3 is 12.6 Å². The predicted molar refractivity (Wildman–Crippen MR) is 110 cm³/mol. The first-order valence-corrected chi connectivity index (χ1v) is 9.99. The number of carbonyl (C=O) groups excluding carboxylic acids is 3. The van der Waals surface area contributed by atoms with Crippen LogP contribution >= 0.6 is 0 Å². The molecule has 174 valence electrons. The fourth-order valence-electron chi connectivity index (χ4n) is 3.64. The summed E-state index contributed by atoms with van der Waals surface area (Å²) in [7, 11) is 1.52. The molecule has 2 aromatic carbocycles. The van der Waals surface area contributed by atoms with Crippen molar-refractivity contribution in [1.29, 1.82) is 0 Å². The number of hydrogen-bond donors (Lipinski definition) is 1. The fraction of sp³-hybridized carbons (Fsp3) is 0.318. The summed E-state index contributed by atoms with van der Waals surface area (Å²) < 4.78 is 39.4. The molecule has 2 aliphatic rings. The highest BCUT2D eigenvalue weighted by atomic mass is 19.3. The van der Waals surface area contributed by atoms with Crippen molar-refractivity contribution in [3.8, 4) is 17.2 Å². The van der Waals surface area contributed by atoms with Crippen LogP contribution in [0, 0.1) is 0 Å². The van der Waals surface area contributed by atoms with Crippen molar-refractivity contribution >= 4 is 17.8 Å². The number of urea groups is 1. The average molecular weight is 461 g/mol. The quantitative estimate of drug-likeness (QED) is 0.637. The van der Waals surface area contributed by atoms with E-state index in [0.717, 1.165) is 4.90 Å². The number of hydrogen-bond acceptors (Lipinski definition) is 6. The van der Waals surface area contributed by atoms with Crippen molar-refractivity contribution in [2.75, 3.05) is 20.4 Å². The second kappa shape index (κ2) is 8.57. The number of benzene rings is 2. The Hall–Kier alpha value is -3.89. The van der Waals surface area contributed by atoms with Crippen LogP contribution in [-0.4, -0.2) is 54.6 Å². The molecule has 4 amide bonds. The van der Waals surface area contributed by atoms with Crippen molar-refractivity contribution in [3.63, 3.8) is 0 Å². The van der Waals surface area contributed by atoms with Crippen LogP contribution in [0.25, 0.3) is 0 Å². The maximum Gasteiger partial charge on any atom is 0.387 e. The van der Waals surface area contributed by atoms with Crippen molar-refractivity contribution in [1.82, 2.24) is 15.1 Å². The van der Waals surface area contributed by atoms with Gasteiger partial charge in [0.2, 0.25) is 12.7 Å². The lowest BCUT2D eigenvalue weighted by atomic mass is 9.91. The molecular formula is C22H21F2N3O6. The molecule has 9 nitrogen and oxygen atoms in total. The first-order chi connectivity index (χ1) is 15.7. The van der Waals surface area contributed by atoms with Crippen LogP contribution < -0.4 is 19.5 Å². The van der Waals surface area contributed by atoms with E-state index in [9.17, 15) is 23.2 Å². The van der Waals surface area contributed by atoms with Gasteiger partial charge in [0, 0.05) is 13.6 Å². The number of rotatable bonds is 7. The molecule has 4 rings (SSSR count). The van der Waals surface area contributed by atoms with E-state index in [1.165, 1.54) is 24.1 Å². The van der Waals surface area contributed by atoms with E-state index < -0.39 is 36.5 Å². The second-order valence-corrected chi connectivity index (χ2v) is 7.79. The molecule has 0 spiro atoms. The van der Waals surface area contributed by atoms with Crippen LogP contribution in [0.4, 0.5) is 13.6 Å². The molecule has 33 heavy (non-hydrogen) atoms. The summed E-state index contributed by atoms with van der Waals surface area (Å²) in [5.41, 5.74) is -0.202. The number of ether oxygens (including phenoxy) is 3. The van der Waals surface area contributed by atoms with Crippen molar-refractivity contribution in [2.45, 2.75) is 25.6 Å². The highest BCUT2D eigenvalue weighted by Crippen LogP contribution is 2.37. The lowest BCUT2D eigenvalue weighted by molar-refractivity contribution is -0.138. The maximum absolute atomic E-state index is 13.1. The third-order valence-electron chi connectivity index (χ3n) is 5.51. The average Bonchev–Trinajstić information content (AvgIpc) is 3.33. The molecule has 0 saturated carbocycles. The number of alkyl halides is 2. The molecule has 1 fully saturated rings. The zero-order valence-corrected chi connectivity index (χ0v) is 17.8. The molecule has 2 heterocycles. The van der Waals surface area contributed by atoms with E-state index in [2.05, 4.69) is 10.1 Å². The van der Waals surface area contributed by atoms with Gasteiger partial charge in [-0.1, -0.05) is 18.2 Å². The molecular weight excluding hydrogens is 440 g/mol. The highest BCUT2D eigenvalue weighted by molar-refractivity contribution is 6.09. The minimum absolute atomic E-state index is 0.00451. The summed E-state index contributed by atoms with van der Waals surface area (Å²) >= 11 is 0. The zero-order valence-electron chi connectivity index (χ0n) is 17.8. The first kappa shape index (κ1) is 22.3. The Labute approximate surface area is 187 Å². The van der Waals surface area contributed by atoms with Crippen LogP contribution in [0.3, 0.4) is 0 Å². The molecule has 2 aromatic rings. The predicted octanol–water partition coefficient (Wildman–Crippen LogP) is 2.44. The van der Waals surface area contributed by atoms with Crippen molar-refractivity contribution in [2.24, 2.45) is 0 Å². The van der Waals surface area contributed by atoms with E-state index in [-0.39, 0.29) is 19.1 Å². The molecule has 11 heteroatoms. The number of likely N-dealkylation sites (N-methyl/N-ethyl adjacent to an activating group) is 1. The van der Waals surface area contributed by atoms with Crippen LogP contribution in [0.1, 0.15) is 18.1 Å². The third-order valence-corrected chi connectivity index (χ3v) is 5.51. The molecule has 0 aliphatic carbocycles. The monoisotopic (exact) mass is 461 g/mol. The van der Waals surface area contributed by atoms with E-state index in [0.29, 0.717) is 22.6 Å². The van der Waals surface area contributed by atoms with Gasteiger partial charge in [0.1, 0.15) is 17.8 Å². The van der Waals surface area contributed by atoms with E-state index in [4.69, 9.17) is 9.47 Å². The van der Waals surface area contributed by atoms with E-state index >= 15 is 0 Å². The largest absolute Gasteiger partial charge is 0.454 e. The molecule has 0 radical (unpaired) electrons. The zero-order chi connectivity index (χ0) is 23.8. The minimum Gasteiger partial charge on any atom is -0.454 e. The number of nitrogens with one attached hydrogen (secondary N) is 1. The van der Waals surface area contributed by atoms with Crippen LogP contribution in [0.15, 0.2) is 42.5 Å². The number of halogens is 2. The van der Waals surface area contributed by atoms with E-state index in [1.54, 1.807) is 37.3 Å². The lowest BCUT2D eigenvalue weighted by Crippen LogP contribution is -2.43. The topological polar surface area (TPSA) is 97.4 Å². The van der Waals surface area contributed by atoms with Gasteiger partial charge in [0.15, 0.2) is 11.5 Å². The van der Waals surface area contributed by atoms with Gasteiger partial charge in [-0.2, -0.15) is 8.78 Å². The fourth-order valence-corrected chi connectivity index (χ4v) is 3.64. The summed E-state index contributed by atoms with van der Waals surface area (Å²) in [6.45, 7) is -1.59. The Morgan fingerprint density at radius 3 is 2.58 bits per heavy atom. The van der Waals surface area contributed by atoms with Gasteiger partial charge in [-0.3, -0.25) is 14.5 Å². The van der Waals surface area contributed by atoms with Gasteiger partial charge in [0.05, 0.1) is 0 Å². The lowest BCUT2D eigenvalue weighted by Gasteiger charge is -2.23. The number of carbonyl (C=O) groups is 3. The van der Waals surface area contributed by atoms with Gasteiger partial charge < -0.3 is 24.4 Å². The Morgan fingerprint density at radius 2 is 1.88 bits per heavy atom. The summed E-state index contributed by atoms with van der Waals surface area (Å²) in [4.78, 5) is 40.5. The molecule has 0 aromatic heterocycles. The minimum atomic E-state index is -2.92. The standard InChI is InChI=1S/C22H21F2N3O6/c1-22(14-5-8-16-17(9-14)32-12-31-16)19(29)27(21(30)25-22)11-18(28)26(2)10-13-3-6-15(7-4-13)33-20(23)24/h3-9,20H,10-12H2,1-2H3,(H,25,30). The van der Waals surface area contributed by atoms with Gasteiger partial charge in [0.25, 0.3) is 5.91 Å². The third kappa shape index (κ3) is 4.38. The van der Waals surface area contributed by atoms with Gasteiger partial charge in [-0.05, 0) is 42.3 Å². The van der Waals surface area contributed by atoms with Crippen LogP contribution in [-0.2, 0) is 21.7 Å². The Morgan fingerprint density at radius 1 is 1.18 bits per heavy atom. The Kier molecular flexibility index (Phi) is 5.79. The SMILES string of the molecule is CN(Cc1ccc(OC(F)F)cc1)C(=O)CN1C(=O)NC(C)(c2ccc3c(c2)OCO3)C1=O. The Balaban J connectivity index is 1.41. The van der Waals surface area contributed by atoms with E-state index in [1.807, 2.05) is 0 Å². The number of nitrogens with zero attached hydrogens (tertiary/aromatic N) is 2. The number of fused-ring (bicyclic) bond motifs is 1. The van der Waals surface area contributed by atoms with Crippen molar-refractivity contribution < 1.29 is 37.4 Å². The smallest absolute Gasteiger partial charge is 0.387 e. The van der Waals surface area contributed by atoms with Crippen LogP contribution in [0.2, 0.25) is 0 Å². The van der Waals surface area contributed by atoms with Crippen molar-refractivity contribution in [3.05, 3.63) is 53.6 Å². The first-order valence-electron chi connectivity index (χ1n) is 9.99. The molecule has 1 N–H and O–H groups in total. The summed E-state index contributed by atoms with van der Waals surface area (Å²) in [5, 5.41) is 2.65. The second-order valence-electron chi connectivity index (χ2n) is 7.79. The molecule has 1 saturated heterocycles. The highest BCUT2D eigenvalue weighted by Gasteiger charge is 2.50. The Bertz CT molecular complexity index is 1090.